The average Bonchev–Trinajstić information content (AvgIpc) is 2.49. The monoisotopic (exact) mass is 319 g/mol. The van der Waals surface area contributed by atoms with E-state index in [0.29, 0.717) is 5.69 Å². The van der Waals surface area contributed by atoms with Gasteiger partial charge < -0.3 is 10.6 Å². The fourth-order valence-corrected chi connectivity index (χ4v) is 2.49. The first-order valence-corrected chi connectivity index (χ1v) is 7.60. The first-order valence-electron chi connectivity index (χ1n) is 7.60. The van der Waals surface area contributed by atoms with E-state index in [2.05, 4.69) is 19.2 Å². The molecule has 0 aliphatic heterocycles. The lowest BCUT2D eigenvalue weighted by molar-refractivity contribution is -0.692. The summed E-state index contributed by atoms with van der Waals surface area (Å²) < 4.78 is 26.1. The first kappa shape index (κ1) is 17.1. The molecule has 3 nitrogen and oxygen atoms in total. The molecule has 0 aromatic heterocycles. The van der Waals surface area contributed by atoms with Crippen molar-refractivity contribution in [1.29, 1.82) is 0 Å². The van der Waals surface area contributed by atoms with Crippen molar-refractivity contribution >= 4 is 11.6 Å². The van der Waals surface area contributed by atoms with Gasteiger partial charge in [0.05, 0.1) is 0 Å². The van der Waals surface area contributed by atoms with Crippen molar-refractivity contribution < 1.29 is 18.9 Å². The highest BCUT2D eigenvalue weighted by molar-refractivity contribution is 5.91. The standard InChI is InChI=1S/C18H20F2N2O/c1-12(2)18(13-6-8-14(19)9-7-13)21-11-17(23)22-16-5-3-4-15(20)10-16/h3-10,12,18,21H,11H2,1-2H3,(H,22,23)/p+1/t18-/m1/s1. The highest BCUT2D eigenvalue weighted by Crippen LogP contribution is 2.17. The number of rotatable bonds is 6. The number of hydrogen-bond acceptors (Lipinski definition) is 1. The molecule has 2 rings (SSSR count). The van der Waals surface area contributed by atoms with Crippen molar-refractivity contribution in [2.24, 2.45) is 5.92 Å². The highest BCUT2D eigenvalue weighted by Gasteiger charge is 2.20. The topological polar surface area (TPSA) is 45.7 Å². The minimum atomic E-state index is -0.391. The van der Waals surface area contributed by atoms with Gasteiger partial charge in [0.1, 0.15) is 17.7 Å². The van der Waals surface area contributed by atoms with Crippen molar-refractivity contribution in [3.63, 3.8) is 0 Å². The van der Waals surface area contributed by atoms with Crippen LogP contribution in [-0.2, 0) is 4.79 Å². The zero-order chi connectivity index (χ0) is 16.8. The molecule has 2 aromatic carbocycles. The van der Waals surface area contributed by atoms with Gasteiger partial charge in [0.2, 0.25) is 0 Å². The van der Waals surface area contributed by atoms with Crippen LogP contribution in [-0.4, -0.2) is 12.5 Å². The Morgan fingerprint density at radius 1 is 1.09 bits per heavy atom. The number of nitrogens with two attached hydrogens (primary N) is 1. The number of hydrogen-bond donors (Lipinski definition) is 2. The smallest absolute Gasteiger partial charge is 0.279 e. The summed E-state index contributed by atoms with van der Waals surface area (Å²) in [5.41, 5.74) is 1.41. The minimum Gasteiger partial charge on any atom is -0.332 e. The van der Waals surface area contributed by atoms with E-state index < -0.39 is 5.82 Å². The molecule has 1 atom stereocenters. The lowest BCUT2D eigenvalue weighted by Crippen LogP contribution is -2.88. The third-order valence-electron chi connectivity index (χ3n) is 3.64. The van der Waals surface area contributed by atoms with Gasteiger partial charge in [-0.05, 0) is 30.3 Å². The van der Waals surface area contributed by atoms with E-state index >= 15 is 0 Å². The number of amides is 1. The van der Waals surface area contributed by atoms with Gasteiger partial charge >= 0.3 is 0 Å². The van der Waals surface area contributed by atoms with Crippen LogP contribution in [0.15, 0.2) is 48.5 Å². The number of carbonyl (C=O) groups excluding carboxylic acids is 1. The number of nitrogens with one attached hydrogen (secondary N) is 1. The molecule has 0 aliphatic rings. The number of anilines is 1. The molecule has 5 heteroatoms. The number of halogens is 2. The SMILES string of the molecule is CC(C)[C@@H]([NH2+]CC(=O)Nc1cccc(F)c1)c1ccc(F)cc1. The van der Waals surface area contributed by atoms with Gasteiger partial charge in [0.15, 0.2) is 6.54 Å². The zero-order valence-electron chi connectivity index (χ0n) is 13.2. The molecule has 0 saturated heterocycles. The van der Waals surface area contributed by atoms with Crippen LogP contribution in [0.3, 0.4) is 0 Å². The van der Waals surface area contributed by atoms with E-state index in [1.54, 1.807) is 24.3 Å². The molecule has 3 N–H and O–H groups in total. The van der Waals surface area contributed by atoms with Crippen LogP contribution in [0.2, 0.25) is 0 Å². The van der Waals surface area contributed by atoms with E-state index in [9.17, 15) is 13.6 Å². The Labute approximate surface area is 134 Å². The van der Waals surface area contributed by atoms with Crippen molar-refractivity contribution in [1.82, 2.24) is 0 Å². The molecule has 0 heterocycles. The Balaban J connectivity index is 1.96. The Hall–Kier alpha value is -2.27. The number of carbonyl (C=O) groups is 1. The highest BCUT2D eigenvalue weighted by atomic mass is 19.1. The lowest BCUT2D eigenvalue weighted by Gasteiger charge is -2.19. The van der Waals surface area contributed by atoms with Gasteiger partial charge in [-0.2, -0.15) is 0 Å². The van der Waals surface area contributed by atoms with Crippen LogP contribution in [0, 0.1) is 17.6 Å². The number of quaternary nitrogens is 1. The van der Waals surface area contributed by atoms with Gasteiger partial charge in [0.25, 0.3) is 5.91 Å². The predicted molar refractivity (Wildman–Crippen MR) is 85.8 cm³/mol. The quantitative estimate of drug-likeness (QED) is 0.845. The molecule has 0 radical (unpaired) electrons. The van der Waals surface area contributed by atoms with Crippen molar-refractivity contribution in [2.75, 3.05) is 11.9 Å². The van der Waals surface area contributed by atoms with Crippen molar-refractivity contribution in [3.8, 4) is 0 Å². The Morgan fingerprint density at radius 2 is 1.78 bits per heavy atom. The van der Waals surface area contributed by atoms with Gasteiger partial charge in [-0.3, -0.25) is 4.79 Å². The Morgan fingerprint density at radius 3 is 2.39 bits per heavy atom. The van der Waals surface area contributed by atoms with Crippen molar-refractivity contribution in [3.05, 3.63) is 65.7 Å². The summed E-state index contributed by atoms with van der Waals surface area (Å²) in [6.45, 7) is 4.31. The molecule has 0 spiro atoms. The molecular weight excluding hydrogens is 298 g/mol. The average molecular weight is 319 g/mol. The van der Waals surface area contributed by atoms with E-state index in [4.69, 9.17) is 0 Å². The van der Waals surface area contributed by atoms with Gasteiger partial charge in [-0.15, -0.1) is 0 Å². The third kappa shape index (κ3) is 5.14. The second-order valence-electron chi connectivity index (χ2n) is 5.82. The summed E-state index contributed by atoms with van der Waals surface area (Å²) >= 11 is 0. The molecule has 122 valence electrons. The zero-order valence-corrected chi connectivity index (χ0v) is 13.2. The van der Waals surface area contributed by atoms with Gasteiger partial charge in [0, 0.05) is 17.2 Å². The lowest BCUT2D eigenvalue weighted by atomic mass is 9.96. The fraction of sp³-hybridized carbons (Fsp3) is 0.278. The Kier molecular flexibility index (Phi) is 5.82. The largest absolute Gasteiger partial charge is 0.332 e. The third-order valence-corrected chi connectivity index (χ3v) is 3.64. The second-order valence-corrected chi connectivity index (χ2v) is 5.82. The summed E-state index contributed by atoms with van der Waals surface area (Å²) in [6, 6.07) is 12.2. The molecule has 0 aliphatic carbocycles. The number of benzene rings is 2. The van der Waals surface area contributed by atoms with Crippen LogP contribution >= 0.6 is 0 Å². The maximum atomic E-state index is 13.1. The Bertz CT molecular complexity index is 656. The minimum absolute atomic E-state index is 0.0499. The van der Waals surface area contributed by atoms with Crippen LogP contribution in [0.5, 0.6) is 0 Å². The normalized spacial score (nSPS) is 12.2. The molecule has 2 aromatic rings. The van der Waals surface area contributed by atoms with Crippen LogP contribution in [0.25, 0.3) is 0 Å². The fourth-order valence-electron chi connectivity index (χ4n) is 2.49. The van der Waals surface area contributed by atoms with Crippen LogP contribution < -0.4 is 10.6 Å². The van der Waals surface area contributed by atoms with Crippen LogP contribution in [0.4, 0.5) is 14.5 Å². The molecule has 23 heavy (non-hydrogen) atoms. The summed E-state index contributed by atoms with van der Waals surface area (Å²) in [5.74, 6) is -0.593. The van der Waals surface area contributed by atoms with Crippen molar-refractivity contribution in [2.45, 2.75) is 19.9 Å². The van der Waals surface area contributed by atoms with Crippen LogP contribution in [0.1, 0.15) is 25.5 Å². The molecule has 0 bridgehead atoms. The van der Waals surface area contributed by atoms with E-state index in [0.717, 1.165) is 5.56 Å². The first-order chi connectivity index (χ1) is 11.0. The predicted octanol–water partition coefficient (Wildman–Crippen LogP) is 2.86. The van der Waals surface area contributed by atoms with E-state index in [1.807, 2.05) is 5.32 Å². The summed E-state index contributed by atoms with van der Waals surface area (Å²) in [5, 5.41) is 4.58. The molecule has 0 unspecified atom stereocenters. The van der Waals surface area contributed by atoms with Gasteiger partial charge in [-0.1, -0.05) is 32.0 Å². The molecular formula is C18H21F2N2O+. The molecule has 0 fully saturated rings. The second kappa shape index (κ2) is 7.83. The van der Waals surface area contributed by atoms with E-state index in [-0.39, 0.29) is 30.2 Å². The summed E-state index contributed by atoms with van der Waals surface area (Å²) in [6.07, 6.45) is 0. The molecule has 0 saturated carbocycles. The van der Waals surface area contributed by atoms with E-state index in [1.165, 1.54) is 24.3 Å². The maximum Gasteiger partial charge on any atom is 0.279 e. The van der Waals surface area contributed by atoms with Gasteiger partial charge in [-0.25, -0.2) is 8.78 Å². The maximum absolute atomic E-state index is 13.1. The summed E-state index contributed by atoms with van der Waals surface area (Å²) in [7, 11) is 0. The molecule has 1 amide bonds. The summed E-state index contributed by atoms with van der Waals surface area (Å²) in [4.78, 5) is 12.0.